The number of thiocarbonyl (C=S) groups is 1. The molecule has 2 aliphatic rings. The Hall–Kier alpha value is -2.11. The minimum absolute atomic E-state index is 0.0429. The molecule has 2 aromatic rings. The largest absolute Gasteiger partial charge is 0.372 e. The van der Waals surface area contributed by atoms with Crippen LogP contribution in [0, 0.1) is 13.8 Å². The lowest BCUT2D eigenvalue weighted by molar-refractivity contribution is -0.113. The number of aryl methyl sites for hydroxylation is 2. The summed E-state index contributed by atoms with van der Waals surface area (Å²) < 4.78 is 0.586. The van der Waals surface area contributed by atoms with E-state index in [9.17, 15) is 4.79 Å². The molecule has 1 amide bonds. The van der Waals surface area contributed by atoms with Gasteiger partial charge < -0.3 is 4.90 Å². The summed E-state index contributed by atoms with van der Waals surface area (Å²) in [5.74, 6) is -0.0429. The van der Waals surface area contributed by atoms with E-state index in [0.717, 1.165) is 29.9 Å². The quantitative estimate of drug-likeness (QED) is 0.520. The van der Waals surface area contributed by atoms with E-state index in [4.69, 9.17) is 12.2 Å². The molecular formula is C22H22N2OS2. The first-order valence-corrected chi connectivity index (χ1v) is 10.5. The van der Waals surface area contributed by atoms with Crippen molar-refractivity contribution in [2.24, 2.45) is 0 Å². The van der Waals surface area contributed by atoms with Gasteiger partial charge in [-0.3, -0.25) is 9.69 Å². The standard InChI is InChI=1S/C22H22N2OS2/c1-15-6-5-7-19(12-15)24-21(25)20(27-22(24)26)14-17-8-9-18(13-16(17)2)23-10-3-4-11-23/h5-9,12-14H,3-4,10-11H2,1-2H3/b20-14-. The molecule has 3 nitrogen and oxygen atoms in total. The predicted octanol–water partition coefficient (Wildman–Crippen LogP) is 5.31. The molecule has 2 aromatic carbocycles. The fraction of sp³-hybridized carbons (Fsp3) is 0.273. The Morgan fingerprint density at radius 1 is 1.04 bits per heavy atom. The van der Waals surface area contributed by atoms with Gasteiger partial charge in [0.2, 0.25) is 0 Å². The lowest BCUT2D eigenvalue weighted by Crippen LogP contribution is -2.27. The molecule has 0 bridgehead atoms. The second-order valence-electron chi connectivity index (χ2n) is 7.09. The molecule has 2 fully saturated rings. The average Bonchev–Trinajstić information content (AvgIpc) is 3.26. The van der Waals surface area contributed by atoms with Crippen LogP contribution < -0.4 is 9.80 Å². The van der Waals surface area contributed by atoms with Crippen molar-refractivity contribution >= 4 is 51.7 Å². The molecule has 0 aromatic heterocycles. The van der Waals surface area contributed by atoms with Crippen LogP contribution in [0.2, 0.25) is 0 Å². The molecule has 0 atom stereocenters. The molecule has 0 unspecified atom stereocenters. The summed E-state index contributed by atoms with van der Waals surface area (Å²) >= 11 is 6.86. The molecule has 2 aliphatic heterocycles. The van der Waals surface area contributed by atoms with Crippen molar-refractivity contribution < 1.29 is 4.79 Å². The lowest BCUT2D eigenvalue weighted by atomic mass is 10.1. The van der Waals surface area contributed by atoms with Gasteiger partial charge in [0.1, 0.15) is 0 Å². The van der Waals surface area contributed by atoms with Gasteiger partial charge in [-0.2, -0.15) is 0 Å². The number of thioether (sulfide) groups is 1. The molecule has 0 N–H and O–H groups in total. The van der Waals surface area contributed by atoms with E-state index in [-0.39, 0.29) is 5.91 Å². The van der Waals surface area contributed by atoms with Crippen LogP contribution in [-0.4, -0.2) is 23.3 Å². The van der Waals surface area contributed by atoms with Crippen molar-refractivity contribution in [3.8, 4) is 0 Å². The van der Waals surface area contributed by atoms with Gasteiger partial charge in [-0.05, 0) is 73.7 Å². The molecule has 138 valence electrons. The number of hydrogen-bond donors (Lipinski definition) is 0. The minimum Gasteiger partial charge on any atom is -0.372 e. The monoisotopic (exact) mass is 394 g/mol. The lowest BCUT2D eigenvalue weighted by Gasteiger charge is -2.18. The van der Waals surface area contributed by atoms with Crippen molar-refractivity contribution in [2.75, 3.05) is 22.9 Å². The van der Waals surface area contributed by atoms with Crippen LogP contribution in [0.5, 0.6) is 0 Å². The molecule has 4 rings (SSSR count). The van der Waals surface area contributed by atoms with Gasteiger partial charge in [-0.15, -0.1) is 0 Å². The van der Waals surface area contributed by atoms with Crippen molar-refractivity contribution in [1.82, 2.24) is 0 Å². The maximum Gasteiger partial charge on any atom is 0.270 e. The third-order valence-electron chi connectivity index (χ3n) is 5.06. The molecule has 27 heavy (non-hydrogen) atoms. The maximum absolute atomic E-state index is 13.0. The van der Waals surface area contributed by atoms with Crippen molar-refractivity contribution in [1.29, 1.82) is 0 Å². The van der Waals surface area contributed by atoms with Gasteiger partial charge in [0.05, 0.1) is 10.6 Å². The van der Waals surface area contributed by atoms with E-state index in [2.05, 4.69) is 30.0 Å². The number of rotatable bonds is 3. The summed E-state index contributed by atoms with van der Waals surface area (Å²) in [6.45, 7) is 6.39. The molecule has 5 heteroatoms. The Bertz CT molecular complexity index is 945. The minimum atomic E-state index is -0.0429. The van der Waals surface area contributed by atoms with E-state index >= 15 is 0 Å². The first-order valence-electron chi connectivity index (χ1n) is 9.23. The highest BCUT2D eigenvalue weighted by atomic mass is 32.2. The first kappa shape index (κ1) is 18.3. The van der Waals surface area contributed by atoms with Crippen molar-refractivity contribution in [2.45, 2.75) is 26.7 Å². The van der Waals surface area contributed by atoms with Crippen LogP contribution in [0.4, 0.5) is 11.4 Å². The Labute approximate surface area is 170 Å². The highest BCUT2D eigenvalue weighted by Crippen LogP contribution is 2.37. The van der Waals surface area contributed by atoms with Crippen molar-refractivity contribution in [3.63, 3.8) is 0 Å². The number of hydrogen-bond acceptors (Lipinski definition) is 4. The van der Waals surface area contributed by atoms with Gasteiger partial charge in [-0.25, -0.2) is 0 Å². The number of benzene rings is 2. The average molecular weight is 395 g/mol. The second-order valence-corrected chi connectivity index (χ2v) is 8.77. The van der Waals surface area contributed by atoms with E-state index in [1.807, 2.05) is 37.3 Å². The Morgan fingerprint density at radius 2 is 1.81 bits per heavy atom. The van der Waals surface area contributed by atoms with Crippen LogP contribution in [0.1, 0.15) is 29.5 Å². The molecule has 2 heterocycles. The van der Waals surface area contributed by atoms with Crippen LogP contribution in [0.15, 0.2) is 47.4 Å². The number of anilines is 2. The Balaban J connectivity index is 1.61. The number of carbonyl (C=O) groups excluding carboxylic acids is 1. The summed E-state index contributed by atoms with van der Waals surface area (Å²) in [5, 5.41) is 0. The summed E-state index contributed by atoms with van der Waals surface area (Å²) in [6, 6.07) is 14.4. The molecule has 0 aliphatic carbocycles. The van der Waals surface area contributed by atoms with Gasteiger partial charge in [0.15, 0.2) is 4.32 Å². The normalized spacial score (nSPS) is 18.8. The smallest absolute Gasteiger partial charge is 0.270 e. The highest BCUT2D eigenvalue weighted by molar-refractivity contribution is 8.27. The summed E-state index contributed by atoms with van der Waals surface area (Å²) in [4.78, 5) is 17.7. The second kappa shape index (κ2) is 7.49. The Morgan fingerprint density at radius 3 is 2.52 bits per heavy atom. The molecule has 0 saturated carbocycles. The first-order chi connectivity index (χ1) is 13.0. The third-order valence-corrected chi connectivity index (χ3v) is 6.37. The van der Waals surface area contributed by atoms with Crippen molar-refractivity contribution in [3.05, 3.63) is 64.1 Å². The predicted molar refractivity (Wildman–Crippen MR) is 119 cm³/mol. The van der Waals surface area contributed by atoms with Crippen LogP contribution in [0.3, 0.4) is 0 Å². The SMILES string of the molecule is Cc1cccc(N2C(=O)/C(=C/c3ccc(N4CCCC4)cc3C)SC2=S)c1. The fourth-order valence-corrected chi connectivity index (χ4v) is 4.88. The van der Waals surface area contributed by atoms with Gasteiger partial charge >= 0.3 is 0 Å². The number of nitrogens with zero attached hydrogens (tertiary/aromatic N) is 2. The molecule has 0 spiro atoms. The molecule has 2 saturated heterocycles. The molecular weight excluding hydrogens is 372 g/mol. The van der Waals surface area contributed by atoms with Crippen LogP contribution in [0.25, 0.3) is 6.08 Å². The van der Waals surface area contributed by atoms with Crippen LogP contribution >= 0.6 is 24.0 Å². The third kappa shape index (κ3) is 3.66. The van der Waals surface area contributed by atoms with E-state index in [1.54, 1.807) is 4.90 Å². The molecule has 0 radical (unpaired) electrons. The topological polar surface area (TPSA) is 23.6 Å². The fourth-order valence-electron chi connectivity index (χ4n) is 3.59. The van der Waals surface area contributed by atoms with E-state index < -0.39 is 0 Å². The van der Waals surface area contributed by atoms with E-state index in [0.29, 0.717) is 9.23 Å². The summed E-state index contributed by atoms with van der Waals surface area (Å²) in [6.07, 6.45) is 4.50. The summed E-state index contributed by atoms with van der Waals surface area (Å²) in [5.41, 5.74) is 5.47. The van der Waals surface area contributed by atoms with E-state index in [1.165, 1.54) is 35.9 Å². The van der Waals surface area contributed by atoms with Crippen LogP contribution in [-0.2, 0) is 4.79 Å². The maximum atomic E-state index is 13.0. The number of carbonyl (C=O) groups is 1. The zero-order chi connectivity index (χ0) is 19.0. The zero-order valence-corrected chi connectivity index (χ0v) is 17.2. The van der Waals surface area contributed by atoms with Gasteiger partial charge in [0.25, 0.3) is 5.91 Å². The van der Waals surface area contributed by atoms with Gasteiger partial charge in [0, 0.05) is 18.8 Å². The highest BCUT2D eigenvalue weighted by Gasteiger charge is 2.33. The van der Waals surface area contributed by atoms with Gasteiger partial charge in [-0.1, -0.05) is 42.2 Å². The number of amides is 1. The Kier molecular flexibility index (Phi) is 5.06. The summed E-state index contributed by atoms with van der Waals surface area (Å²) in [7, 11) is 0. The zero-order valence-electron chi connectivity index (χ0n) is 15.6.